The van der Waals surface area contributed by atoms with E-state index in [9.17, 15) is 24.6 Å². The molecule has 7 heteroatoms. The normalized spacial score (nSPS) is 31.1. The molecule has 7 nitrogen and oxygen atoms in total. The summed E-state index contributed by atoms with van der Waals surface area (Å²) in [4.78, 5) is 38.7. The Balaban J connectivity index is 2.28. The minimum Gasteiger partial charge on any atom is -0.452 e. The molecule has 1 aromatic carbocycles. The van der Waals surface area contributed by atoms with Gasteiger partial charge in [-0.1, -0.05) is 57.5 Å². The van der Waals surface area contributed by atoms with Gasteiger partial charge in [0.05, 0.1) is 24.0 Å². The van der Waals surface area contributed by atoms with Crippen LogP contribution in [0, 0.1) is 17.3 Å². The lowest BCUT2D eigenvalue weighted by molar-refractivity contribution is -0.159. The summed E-state index contributed by atoms with van der Waals surface area (Å²) in [6.07, 6.45) is 0.746. The van der Waals surface area contributed by atoms with Crippen LogP contribution in [-0.4, -0.2) is 46.2 Å². The fourth-order valence-corrected chi connectivity index (χ4v) is 4.26. The van der Waals surface area contributed by atoms with Crippen LogP contribution in [0.5, 0.6) is 0 Å². The van der Waals surface area contributed by atoms with Crippen molar-refractivity contribution in [1.29, 1.82) is 0 Å². The lowest BCUT2D eigenvalue weighted by Crippen LogP contribution is -2.46. The van der Waals surface area contributed by atoms with Crippen LogP contribution in [0.4, 0.5) is 5.69 Å². The topological polar surface area (TPSA) is 113 Å². The van der Waals surface area contributed by atoms with E-state index in [0.29, 0.717) is 5.69 Å². The number of allylic oxidation sites excluding steroid dienone is 1. The summed E-state index contributed by atoms with van der Waals surface area (Å²) in [6.45, 7) is 8.67. The summed E-state index contributed by atoms with van der Waals surface area (Å²) in [5.41, 5.74) is 0.367. The maximum atomic E-state index is 13.1. The van der Waals surface area contributed by atoms with Crippen molar-refractivity contribution in [2.75, 3.05) is 5.32 Å². The van der Waals surface area contributed by atoms with E-state index in [2.05, 4.69) is 5.32 Å². The van der Waals surface area contributed by atoms with Crippen molar-refractivity contribution in [3.05, 3.63) is 42.0 Å². The molecule has 1 heterocycles. The number of amides is 1. The number of hydrogen-bond acceptors (Lipinski definition) is 6. The summed E-state index contributed by atoms with van der Waals surface area (Å²) >= 11 is 0. The van der Waals surface area contributed by atoms with E-state index in [1.54, 1.807) is 45.0 Å². The smallest absolute Gasteiger partial charge is 0.309 e. The standard InChI is InChI=1S/C27H39NO6/c1-17-10-9-11-18(2)24(31)19(3)25(32)27(4,5)22(29)16-23(30)34-21(15-14-17)26(33)28-20-12-7-6-8-13-20/h6-8,12-14,18-19,21-22,24,29,31H,9-11,15-16H2,1-5H3,(H,28,33)/b17-14+/t18-,19-,21?,22+,24-/m0/s1. The largest absolute Gasteiger partial charge is 0.452 e. The maximum absolute atomic E-state index is 13.1. The van der Waals surface area contributed by atoms with Crippen LogP contribution >= 0.6 is 0 Å². The predicted molar refractivity (Wildman–Crippen MR) is 131 cm³/mol. The molecule has 0 aromatic heterocycles. The number of carbonyl (C=O) groups excluding carboxylic acids is 3. The number of ketones is 1. The van der Waals surface area contributed by atoms with Crippen LogP contribution in [0.3, 0.4) is 0 Å². The Morgan fingerprint density at radius 2 is 1.76 bits per heavy atom. The van der Waals surface area contributed by atoms with Crippen LogP contribution in [0.15, 0.2) is 42.0 Å². The molecule has 5 atom stereocenters. The van der Waals surface area contributed by atoms with E-state index in [4.69, 9.17) is 4.74 Å². The first-order valence-electron chi connectivity index (χ1n) is 12.0. The summed E-state index contributed by atoms with van der Waals surface area (Å²) in [5.74, 6) is -2.32. The number of aliphatic hydroxyl groups is 2. The molecule has 2 rings (SSSR count). The Hall–Kier alpha value is -2.51. The van der Waals surface area contributed by atoms with Gasteiger partial charge in [0, 0.05) is 18.0 Å². The highest BCUT2D eigenvalue weighted by Gasteiger charge is 2.42. The number of esters is 1. The zero-order valence-corrected chi connectivity index (χ0v) is 20.9. The number of para-hydroxylation sites is 1. The first kappa shape index (κ1) is 27.7. The van der Waals surface area contributed by atoms with Gasteiger partial charge in [0.2, 0.25) is 0 Å². The molecule has 1 aliphatic heterocycles. The Bertz CT molecular complexity index is 878. The van der Waals surface area contributed by atoms with Crippen molar-refractivity contribution in [1.82, 2.24) is 0 Å². The van der Waals surface area contributed by atoms with E-state index < -0.39 is 47.9 Å². The first-order valence-corrected chi connectivity index (χ1v) is 12.0. The molecule has 3 N–H and O–H groups in total. The molecule has 188 valence electrons. The number of benzene rings is 1. The molecule has 0 radical (unpaired) electrons. The van der Waals surface area contributed by atoms with Crippen molar-refractivity contribution in [2.45, 2.75) is 85.0 Å². The number of Topliss-reactive ketones (excluding diaryl/α,β-unsaturated/α-hetero) is 1. The molecule has 0 saturated carbocycles. The fourth-order valence-electron chi connectivity index (χ4n) is 4.26. The van der Waals surface area contributed by atoms with Gasteiger partial charge in [0.1, 0.15) is 5.78 Å². The maximum Gasteiger partial charge on any atom is 0.309 e. The number of aliphatic hydroxyl groups excluding tert-OH is 2. The summed E-state index contributed by atoms with van der Waals surface area (Å²) < 4.78 is 5.48. The highest BCUT2D eigenvalue weighted by molar-refractivity contribution is 5.95. The molecular formula is C27H39NO6. The average Bonchev–Trinajstić information content (AvgIpc) is 2.79. The van der Waals surface area contributed by atoms with Crippen molar-refractivity contribution in [3.8, 4) is 0 Å². The van der Waals surface area contributed by atoms with E-state index in [-0.39, 0.29) is 18.1 Å². The average molecular weight is 474 g/mol. The predicted octanol–water partition coefficient (Wildman–Crippen LogP) is 4.04. The van der Waals surface area contributed by atoms with Crippen LogP contribution in [0.1, 0.15) is 66.7 Å². The Morgan fingerprint density at radius 3 is 2.41 bits per heavy atom. The molecule has 0 aliphatic carbocycles. The van der Waals surface area contributed by atoms with Crippen molar-refractivity contribution >= 4 is 23.3 Å². The number of carbonyl (C=O) groups is 3. The zero-order chi connectivity index (χ0) is 25.5. The van der Waals surface area contributed by atoms with Crippen LogP contribution in [0.25, 0.3) is 0 Å². The molecule has 0 spiro atoms. The Labute approximate surface area is 202 Å². The molecular weight excluding hydrogens is 434 g/mol. The molecule has 1 aliphatic rings. The van der Waals surface area contributed by atoms with Gasteiger partial charge in [-0.3, -0.25) is 14.4 Å². The second-order valence-electron chi connectivity index (χ2n) is 10.1. The van der Waals surface area contributed by atoms with Crippen molar-refractivity contribution in [3.63, 3.8) is 0 Å². The summed E-state index contributed by atoms with van der Waals surface area (Å²) in [7, 11) is 0. The minimum atomic E-state index is -1.32. The number of cyclic esters (lactones) is 1. The van der Waals surface area contributed by atoms with Crippen molar-refractivity contribution in [2.24, 2.45) is 17.3 Å². The fraction of sp³-hybridized carbons (Fsp3) is 0.593. The molecule has 1 amide bonds. The van der Waals surface area contributed by atoms with Crippen LogP contribution in [0.2, 0.25) is 0 Å². The SMILES string of the molecule is C/C1=C\CC(C(=O)Nc2ccccc2)OC(=O)C[C@@H](O)C(C)(C)C(=O)[C@@H](C)[C@@H](O)[C@@H](C)CCC1. The molecule has 0 bridgehead atoms. The van der Waals surface area contributed by atoms with Gasteiger partial charge in [-0.05, 0) is 44.2 Å². The molecule has 1 unspecified atom stereocenters. The zero-order valence-electron chi connectivity index (χ0n) is 20.9. The van der Waals surface area contributed by atoms with E-state index in [1.807, 2.05) is 26.0 Å². The second kappa shape index (κ2) is 12.3. The second-order valence-corrected chi connectivity index (χ2v) is 10.1. The van der Waals surface area contributed by atoms with Gasteiger partial charge >= 0.3 is 5.97 Å². The molecule has 0 saturated heterocycles. The van der Waals surface area contributed by atoms with Gasteiger partial charge in [-0.25, -0.2) is 0 Å². The highest BCUT2D eigenvalue weighted by atomic mass is 16.5. The Kier molecular flexibility index (Phi) is 10.0. The number of anilines is 1. The summed E-state index contributed by atoms with van der Waals surface area (Å²) in [6, 6.07) is 8.90. The van der Waals surface area contributed by atoms with E-state index in [1.165, 1.54) is 0 Å². The van der Waals surface area contributed by atoms with E-state index in [0.717, 1.165) is 24.8 Å². The van der Waals surface area contributed by atoms with Crippen LogP contribution in [-0.2, 0) is 19.1 Å². The van der Waals surface area contributed by atoms with Gasteiger partial charge in [-0.2, -0.15) is 0 Å². The number of nitrogens with one attached hydrogen (secondary N) is 1. The molecule has 0 fully saturated rings. The number of rotatable bonds is 2. The first-order chi connectivity index (χ1) is 15.9. The third-order valence-corrected chi connectivity index (χ3v) is 6.86. The monoisotopic (exact) mass is 473 g/mol. The lowest BCUT2D eigenvalue weighted by atomic mass is 9.73. The number of ether oxygens (including phenoxy) is 1. The molecule has 34 heavy (non-hydrogen) atoms. The van der Waals surface area contributed by atoms with E-state index >= 15 is 0 Å². The highest BCUT2D eigenvalue weighted by Crippen LogP contribution is 2.32. The van der Waals surface area contributed by atoms with Gasteiger partial charge in [0.15, 0.2) is 6.10 Å². The van der Waals surface area contributed by atoms with Crippen LogP contribution < -0.4 is 5.32 Å². The lowest BCUT2D eigenvalue weighted by Gasteiger charge is -2.34. The quantitative estimate of drug-likeness (QED) is 0.441. The summed E-state index contributed by atoms with van der Waals surface area (Å²) in [5, 5.41) is 24.2. The van der Waals surface area contributed by atoms with Gasteiger partial charge < -0.3 is 20.3 Å². The third-order valence-electron chi connectivity index (χ3n) is 6.86. The number of hydrogen-bond donors (Lipinski definition) is 3. The third kappa shape index (κ3) is 7.50. The van der Waals surface area contributed by atoms with Crippen molar-refractivity contribution < 1.29 is 29.3 Å². The van der Waals surface area contributed by atoms with Gasteiger partial charge in [0.25, 0.3) is 5.91 Å². The van der Waals surface area contributed by atoms with Gasteiger partial charge in [-0.15, -0.1) is 0 Å². The Morgan fingerprint density at radius 1 is 1.12 bits per heavy atom. The minimum absolute atomic E-state index is 0.0954. The molecule has 1 aromatic rings.